The SMILES string of the molecule is CCNC(CC1CCC1)c1cc(C)ccc1Br. The van der Waals surface area contributed by atoms with Crippen molar-refractivity contribution >= 4 is 15.9 Å². The number of rotatable bonds is 5. The summed E-state index contributed by atoms with van der Waals surface area (Å²) in [5, 5.41) is 3.64. The van der Waals surface area contributed by atoms with Gasteiger partial charge >= 0.3 is 0 Å². The predicted octanol–water partition coefficient (Wildman–Crippen LogP) is 4.60. The Morgan fingerprint density at radius 3 is 2.76 bits per heavy atom. The van der Waals surface area contributed by atoms with E-state index in [4.69, 9.17) is 0 Å². The van der Waals surface area contributed by atoms with Crippen LogP contribution in [0.4, 0.5) is 0 Å². The van der Waals surface area contributed by atoms with Crippen molar-refractivity contribution in [2.24, 2.45) is 5.92 Å². The third kappa shape index (κ3) is 3.32. The molecule has 0 amide bonds. The lowest BCUT2D eigenvalue weighted by molar-refractivity contribution is 0.262. The van der Waals surface area contributed by atoms with Crippen LogP contribution >= 0.6 is 15.9 Å². The second kappa shape index (κ2) is 6.01. The van der Waals surface area contributed by atoms with E-state index in [-0.39, 0.29) is 0 Å². The van der Waals surface area contributed by atoms with E-state index < -0.39 is 0 Å². The molecule has 0 radical (unpaired) electrons. The Morgan fingerprint density at radius 2 is 2.18 bits per heavy atom. The van der Waals surface area contributed by atoms with Gasteiger partial charge in [0, 0.05) is 10.5 Å². The third-order valence-electron chi connectivity index (χ3n) is 3.77. The smallest absolute Gasteiger partial charge is 0.0334 e. The van der Waals surface area contributed by atoms with Crippen LogP contribution in [0, 0.1) is 12.8 Å². The molecular formula is C15H22BrN. The zero-order chi connectivity index (χ0) is 12.3. The highest BCUT2D eigenvalue weighted by Crippen LogP contribution is 2.36. The Hall–Kier alpha value is -0.340. The van der Waals surface area contributed by atoms with Gasteiger partial charge in [0.05, 0.1) is 0 Å². The normalized spacial score (nSPS) is 17.8. The second-order valence-corrected chi connectivity index (χ2v) is 6.02. The molecule has 1 atom stereocenters. The van der Waals surface area contributed by atoms with Crippen LogP contribution in [0.2, 0.25) is 0 Å². The lowest BCUT2D eigenvalue weighted by atomic mass is 9.79. The van der Waals surface area contributed by atoms with Gasteiger partial charge in [0.25, 0.3) is 0 Å². The molecule has 0 saturated heterocycles. The first kappa shape index (κ1) is 13.1. The molecule has 0 spiro atoms. The van der Waals surface area contributed by atoms with Gasteiger partial charge in [-0.15, -0.1) is 0 Å². The molecule has 1 aliphatic rings. The average Bonchev–Trinajstić information content (AvgIpc) is 2.25. The van der Waals surface area contributed by atoms with Crippen LogP contribution in [-0.4, -0.2) is 6.54 Å². The monoisotopic (exact) mass is 295 g/mol. The minimum atomic E-state index is 0.513. The van der Waals surface area contributed by atoms with E-state index in [1.54, 1.807) is 0 Å². The van der Waals surface area contributed by atoms with Gasteiger partial charge in [0.1, 0.15) is 0 Å². The van der Waals surface area contributed by atoms with Crippen LogP contribution in [-0.2, 0) is 0 Å². The Morgan fingerprint density at radius 1 is 1.41 bits per heavy atom. The van der Waals surface area contributed by atoms with Crippen molar-refractivity contribution in [1.29, 1.82) is 0 Å². The van der Waals surface area contributed by atoms with Crippen molar-refractivity contribution < 1.29 is 0 Å². The van der Waals surface area contributed by atoms with E-state index in [0.29, 0.717) is 6.04 Å². The molecule has 0 bridgehead atoms. The zero-order valence-electron chi connectivity index (χ0n) is 10.8. The van der Waals surface area contributed by atoms with E-state index in [1.807, 2.05) is 0 Å². The van der Waals surface area contributed by atoms with E-state index >= 15 is 0 Å². The first-order valence-corrected chi connectivity index (χ1v) is 7.49. The molecule has 1 nitrogen and oxygen atoms in total. The molecule has 2 rings (SSSR count). The Bertz CT molecular complexity index is 371. The Kier molecular flexibility index (Phi) is 4.63. The zero-order valence-corrected chi connectivity index (χ0v) is 12.4. The number of aryl methyl sites for hydroxylation is 1. The number of hydrogen-bond donors (Lipinski definition) is 1. The van der Waals surface area contributed by atoms with Crippen molar-refractivity contribution in [3.05, 3.63) is 33.8 Å². The van der Waals surface area contributed by atoms with Crippen LogP contribution < -0.4 is 5.32 Å². The summed E-state index contributed by atoms with van der Waals surface area (Å²) in [4.78, 5) is 0. The van der Waals surface area contributed by atoms with Gasteiger partial charge in [-0.05, 0) is 37.4 Å². The summed E-state index contributed by atoms with van der Waals surface area (Å²) in [5.74, 6) is 0.937. The molecule has 0 aliphatic heterocycles. The Labute approximate surface area is 113 Å². The first-order chi connectivity index (χ1) is 8.20. The maximum atomic E-state index is 3.69. The number of hydrogen-bond acceptors (Lipinski definition) is 1. The van der Waals surface area contributed by atoms with Gasteiger partial charge in [0.15, 0.2) is 0 Å². The number of halogens is 1. The average molecular weight is 296 g/mol. The number of benzene rings is 1. The third-order valence-corrected chi connectivity index (χ3v) is 4.49. The van der Waals surface area contributed by atoms with Gasteiger partial charge in [0.2, 0.25) is 0 Å². The second-order valence-electron chi connectivity index (χ2n) is 5.17. The molecule has 1 aromatic rings. The van der Waals surface area contributed by atoms with Crippen molar-refractivity contribution in [3.63, 3.8) is 0 Å². The standard InChI is InChI=1S/C15H22BrN/c1-3-17-15(10-12-5-4-6-12)13-9-11(2)7-8-14(13)16/h7-9,12,15,17H,3-6,10H2,1-2H3. The van der Waals surface area contributed by atoms with Gasteiger partial charge < -0.3 is 5.32 Å². The summed E-state index contributed by atoms with van der Waals surface area (Å²) < 4.78 is 1.24. The van der Waals surface area contributed by atoms with Gasteiger partial charge in [-0.25, -0.2) is 0 Å². The van der Waals surface area contributed by atoms with Crippen LogP contribution in [0.25, 0.3) is 0 Å². The van der Waals surface area contributed by atoms with Crippen molar-refractivity contribution in [2.75, 3.05) is 6.54 Å². The quantitative estimate of drug-likeness (QED) is 0.837. The molecule has 0 aromatic heterocycles. The topological polar surface area (TPSA) is 12.0 Å². The molecule has 0 heterocycles. The summed E-state index contributed by atoms with van der Waals surface area (Å²) in [7, 11) is 0. The lowest BCUT2D eigenvalue weighted by Crippen LogP contribution is -2.26. The fraction of sp³-hybridized carbons (Fsp3) is 0.600. The molecule has 1 N–H and O–H groups in total. The molecule has 1 aromatic carbocycles. The van der Waals surface area contributed by atoms with Gasteiger partial charge in [-0.2, -0.15) is 0 Å². The summed E-state index contributed by atoms with van der Waals surface area (Å²) >= 11 is 3.69. The van der Waals surface area contributed by atoms with Crippen LogP contribution in [0.15, 0.2) is 22.7 Å². The van der Waals surface area contributed by atoms with E-state index in [1.165, 1.54) is 41.3 Å². The minimum Gasteiger partial charge on any atom is -0.310 e. The molecule has 94 valence electrons. The highest BCUT2D eigenvalue weighted by molar-refractivity contribution is 9.10. The molecule has 2 heteroatoms. The Balaban J connectivity index is 2.14. The van der Waals surface area contributed by atoms with Crippen molar-refractivity contribution in [1.82, 2.24) is 5.32 Å². The largest absolute Gasteiger partial charge is 0.310 e. The maximum absolute atomic E-state index is 3.69. The number of nitrogens with one attached hydrogen (secondary N) is 1. The predicted molar refractivity (Wildman–Crippen MR) is 77.3 cm³/mol. The van der Waals surface area contributed by atoms with E-state index in [2.05, 4.69) is 53.3 Å². The highest BCUT2D eigenvalue weighted by atomic mass is 79.9. The van der Waals surface area contributed by atoms with Gasteiger partial charge in [-0.3, -0.25) is 0 Å². The summed E-state index contributed by atoms with van der Waals surface area (Å²) in [6.45, 7) is 5.40. The van der Waals surface area contributed by atoms with Gasteiger partial charge in [-0.1, -0.05) is 59.8 Å². The molecule has 1 unspecified atom stereocenters. The van der Waals surface area contributed by atoms with Crippen molar-refractivity contribution in [3.8, 4) is 0 Å². The van der Waals surface area contributed by atoms with Crippen LogP contribution in [0.3, 0.4) is 0 Å². The molecular weight excluding hydrogens is 274 g/mol. The van der Waals surface area contributed by atoms with E-state index in [0.717, 1.165) is 12.5 Å². The summed E-state index contributed by atoms with van der Waals surface area (Å²) in [6, 6.07) is 7.17. The highest BCUT2D eigenvalue weighted by Gasteiger charge is 2.23. The maximum Gasteiger partial charge on any atom is 0.0334 e. The first-order valence-electron chi connectivity index (χ1n) is 6.70. The van der Waals surface area contributed by atoms with Crippen molar-refractivity contribution in [2.45, 2.75) is 45.6 Å². The summed E-state index contributed by atoms with van der Waals surface area (Å²) in [6.07, 6.45) is 5.56. The fourth-order valence-corrected chi connectivity index (χ4v) is 3.08. The molecule has 1 saturated carbocycles. The van der Waals surface area contributed by atoms with Crippen LogP contribution in [0.5, 0.6) is 0 Å². The fourth-order valence-electron chi connectivity index (χ4n) is 2.56. The molecule has 17 heavy (non-hydrogen) atoms. The lowest BCUT2D eigenvalue weighted by Gasteiger charge is -2.31. The summed E-state index contributed by atoms with van der Waals surface area (Å²) in [5.41, 5.74) is 2.78. The van der Waals surface area contributed by atoms with E-state index in [9.17, 15) is 0 Å². The molecule has 1 fully saturated rings. The van der Waals surface area contributed by atoms with Crippen LogP contribution in [0.1, 0.15) is 49.8 Å². The molecule has 1 aliphatic carbocycles. The minimum absolute atomic E-state index is 0.513.